The minimum atomic E-state index is -0.0541. The fraction of sp³-hybridized carbons (Fsp3) is 0. The number of anilines is 1. The zero-order valence-electron chi connectivity index (χ0n) is 9.96. The fourth-order valence-electron chi connectivity index (χ4n) is 2.01. The summed E-state index contributed by atoms with van der Waals surface area (Å²) in [6.07, 6.45) is 3.27. The van der Waals surface area contributed by atoms with E-state index in [2.05, 4.69) is 9.97 Å². The highest BCUT2D eigenvalue weighted by Crippen LogP contribution is 2.24. The summed E-state index contributed by atoms with van der Waals surface area (Å²) in [6, 6.07) is 10.8. The minimum absolute atomic E-state index is 0. The van der Waals surface area contributed by atoms with E-state index in [4.69, 9.17) is 5.73 Å². The highest BCUT2D eigenvalue weighted by atomic mass is 19.0. The SMILES string of the molecule is F.Nc1ccnc2[nH]cc(C(=O)c3ccccc3)c12. The maximum absolute atomic E-state index is 12.4. The van der Waals surface area contributed by atoms with Crippen molar-refractivity contribution in [3.05, 3.63) is 59.9 Å². The van der Waals surface area contributed by atoms with Crippen molar-refractivity contribution in [2.45, 2.75) is 0 Å². The number of hydrogen-bond donors (Lipinski definition) is 2. The van der Waals surface area contributed by atoms with Crippen LogP contribution in [-0.2, 0) is 0 Å². The Morgan fingerprint density at radius 1 is 1.16 bits per heavy atom. The number of ketones is 1. The zero-order chi connectivity index (χ0) is 12.5. The largest absolute Gasteiger partial charge is 0.398 e. The van der Waals surface area contributed by atoms with Crippen molar-refractivity contribution >= 4 is 22.5 Å². The van der Waals surface area contributed by atoms with Crippen molar-refractivity contribution in [2.75, 3.05) is 5.73 Å². The van der Waals surface area contributed by atoms with Gasteiger partial charge in [0.1, 0.15) is 5.65 Å². The number of pyridine rings is 1. The van der Waals surface area contributed by atoms with Crippen LogP contribution >= 0.6 is 0 Å². The van der Waals surface area contributed by atoms with Crippen LogP contribution in [0, 0.1) is 0 Å². The van der Waals surface area contributed by atoms with Gasteiger partial charge in [-0.15, -0.1) is 0 Å². The predicted octanol–water partition coefficient (Wildman–Crippen LogP) is 2.53. The lowest BCUT2D eigenvalue weighted by atomic mass is 10.0. The molecule has 2 heterocycles. The smallest absolute Gasteiger partial charge is 0.195 e. The molecule has 0 bridgehead atoms. The summed E-state index contributed by atoms with van der Waals surface area (Å²) in [5.74, 6) is -0.0541. The summed E-state index contributed by atoms with van der Waals surface area (Å²) >= 11 is 0. The number of halogens is 1. The second-order valence-corrected chi connectivity index (χ2v) is 4.02. The first-order valence-electron chi connectivity index (χ1n) is 5.58. The van der Waals surface area contributed by atoms with E-state index in [-0.39, 0.29) is 10.5 Å². The average molecular weight is 257 g/mol. The van der Waals surface area contributed by atoms with E-state index < -0.39 is 0 Å². The Balaban J connectivity index is 0.00000133. The van der Waals surface area contributed by atoms with Crippen LogP contribution in [0.4, 0.5) is 10.4 Å². The van der Waals surface area contributed by atoms with Gasteiger partial charge in [-0.1, -0.05) is 30.3 Å². The molecule has 96 valence electrons. The quantitative estimate of drug-likeness (QED) is 0.693. The first-order valence-corrected chi connectivity index (χ1v) is 5.58. The number of carbonyl (C=O) groups excluding carboxylic acids is 1. The third-order valence-corrected chi connectivity index (χ3v) is 2.89. The van der Waals surface area contributed by atoms with Crippen molar-refractivity contribution in [2.24, 2.45) is 0 Å². The van der Waals surface area contributed by atoms with Crippen LogP contribution in [0.1, 0.15) is 15.9 Å². The molecule has 0 aliphatic rings. The number of fused-ring (bicyclic) bond motifs is 1. The maximum Gasteiger partial charge on any atom is 0.195 e. The molecular weight excluding hydrogens is 245 g/mol. The van der Waals surface area contributed by atoms with Gasteiger partial charge in [0.2, 0.25) is 0 Å². The van der Waals surface area contributed by atoms with Gasteiger partial charge in [0.15, 0.2) is 5.78 Å². The first-order chi connectivity index (χ1) is 8.77. The van der Waals surface area contributed by atoms with Crippen LogP contribution in [0.3, 0.4) is 0 Å². The summed E-state index contributed by atoms with van der Waals surface area (Å²) in [7, 11) is 0. The molecule has 0 fully saturated rings. The van der Waals surface area contributed by atoms with E-state index in [0.29, 0.717) is 27.8 Å². The Morgan fingerprint density at radius 3 is 2.63 bits per heavy atom. The molecule has 0 saturated carbocycles. The molecule has 4 nitrogen and oxygen atoms in total. The molecule has 2 aromatic heterocycles. The lowest BCUT2D eigenvalue weighted by Gasteiger charge is -2.01. The molecule has 0 aliphatic heterocycles. The van der Waals surface area contributed by atoms with Gasteiger partial charge < -0.3 is 10.7 Å². The molecule has 0 unspecified atom stereocenters. The molecule has 3 aromatic rings. The highest BCUT2D eigenvalue weighted by Gasteiger charge is 2.16. The van der Waals surface area contributed by atoms with E-state index in [1.54, 1.807) is 30.6 Å². The van der Waals surface area contributed by atoms with E-state index in [0.717, 1.165) is 0 Å². The van der Waals surface area contributed by atoms with E-state index >= 15 is 0 Å². The molecular formula is C14H12FN3O. The molecule has 0 radical (unpaired) electrons. The number of hydrogen-bond acceptors (Lipinski definition) is 3. The molecule has 0 spiro atoms. The Morgan fingerprint density at radius 2 is 1.89 bits per heavy atom. The average Bonchev–Trinajstić information content (AvgIpc) is 2.84. The van der Waals surface area contributed by atoms with Crippen LogP contribution in [0.2, 0.25) is 0 Å². The molecule has 0 saturated heterocycles. The third kappa shape index (κ3) is 2.06. The van der Waals surface area contributed by atoms with Crippen LogP contribution in [0.15, 0.2) is 48.8 Å². The van der Waals surface area contributed by atoms with E-state index in [1.165, 1.54) is 0 Å². The highest BCUT2D eigenvalue weighted by molar-refractivity contribution is 6.18. The van der Waals surface area contributed by atoms with Crippen LogP contribution in [0.5, 0.6) is 0 Å². The molecule has 19 heavy (non-hydrogen) atoms. The molecule has 5 heteroatoms. The normalized spacial score (nSPS) is 10.1. The number of nitrogen functional groups attached to an aromatic ring is 1. The maximum atomic E-state index is 12.4. The molecule has 0 amide bonds. The lowest BCUT2D eigenvalue weighted by molar-refractivity contribution is 0.104. The van der Waals surface area contributed by atoms with Gasteiger partial charge in [0.25, 0.3) is 0 Å². The van der Waals surface area contributed by atoms with Crippen molar-refractivity contribution in [1.29, 1.82) is 0 Å². The molecule has 3 rings (SSSR count). The molecule has 0 atom stereocenters. The number of H-pyrrole nitrogens is 1. The number of benzene rings is 1. The number of aromatic nitrogens is 2. The van der Waals surface area contributed by atoms with Crippen molar-refractivity contribution in [1.82, 2.24) is 9.97 Å². The fourth-order valence-corrected chi connectivity index (χ4v) is 2.01. The van der Waals surface area contributed by atoms with Gasteiger partial charge in [-0.2, -0.15) is 0 Å². The van der Waals surface area contributed by atoms with Crippen molar-refractivity contribution < 1.29 is 9.50 Å². The number of nitrogens with two attached hydrogens (primary N) is 1. The van der Waals surface area contributed by atoms with Crippen LogP contribution < -0.4 is 5.73 Å². The molecule has 1 aromatic carbocycles. The second kappa shape index (κ2) is 4.89. The van der Waals surface area contributed by atoms with Crippen molar-refractivity contribution in [3.8, 4) is 0 Å². The zero-order valence-corrected chi connectivity index (χ0v) is 9.96. The lowest BCUT2D eigenvalue weighted by Crippen LogP contribution is -2.01. The Labute approximate surface area is 108 Å². The topological polar surface area (TPSA) is 71.8 Å². The number of nitrogens with one attached hydrogen (secondary N) is 1. The Kier molecular flexibility index (Phi) is 3.29. The van der Waals surface area contributed by atoms with Gasteiger partial charge in [-0.3, -0.25) is 9.50 Å². The number of rotatable bonds is 2. The third-order valence-electron chi connectivity index (χ3n) is 2.89. The second-order valence-electron chi connectivity index (χ2n) is 4.02. The van der Waals surface area contributed by atoms with Gasteiger partial charge in [-0.25, -0.2) is 4.98 Å². The van der Waals surface area contributed by atoms with Gasteiger partial charge in [0.05, 0.1) is 10.9 Å². The summed E-state index contributed by atoms with van der Waals surface area (Å²) in [5.41, 5.74) is 8.29. The predicted molar refractivity (Wildman–Crippen MR) is 72.9 cm³/mol. The van der Waals surface area contributed by atoms with Gasteiger partial charge >= 0.3 is 0 Å². The number of aromatic amines is 1. The first kappa shape index (κ1) is 12.8. The van der Waals surface area contributed by atoms with Gasteiger partial charge in [-0.05, 0) is 6.07 Å². The molecule has 0 aliphatic carbocycles. The van der Waals surface area contributed by atoms with Crippen LogP contribution in [-0.4, -0.2) is 15.8 Å². The van der Waals surface area contributed by atoms with E-state index in [1.807, 2.05) is 18.2 Å². The monoisotopic (exact) mass is 257 g/mol. The number of carbonyl (C=O) groups is 1. The van der Waals surface area contributed by atoms with Gasteiger partial charge in [0, 0.05) is 23.6 Å². The Hall–Kier alpha value is -2.69. The van der Waals surface area contributed by atoms with E-state index in [9.17, 15) is 4.79 Å². The van der Waals surface area contributed by atoms with Crippen LogP contribution in [0.25, 0.3) is 11.0 Å². The molecule has 3 N–H and O–H groups in total. The van der Waals surface area contributed by atoms with Crippen molar-refractivity contribution in [3.63, 3.8) is 0 Å². The Bertz CT molecular complexity index is 722. The number of nitrogens with zero attached hydrogens (tertiary/aromatic N) is 1. The summed E-state index contributed by atoms with van der Waals surface area (Å²) in [6.45, 7) is 0. The summed E-state index contributed by atoms with van der Waals surface area (Å²) < 4.78 is 0. The minimum Gasteiger partial charge on any atom is -0.398 e. The summed E-state index contributed by atoms with van der Waals surface area (Å²) in [4.78, 5) is 19.5. The summed E-state index contributed by atoms with van der Waals surface area (Å²) in [5, 5.41) is 0.686. The standard InChI is InChI=1S/C14H11N3O.FH/c15-11-6-7-16-14-12(11)10(8-17-14)13(18)9-4-2-1-3-5-9;/h1-8H,(H3,15,16,17);1H.